The van der Waals surface area contributed by atoms with E-state index in [9.17, 15) is 14.7 Å². The molecule has 2 amide bonds. The van der Waals surface area contributed by atoms with Crippen LogP contribution in [0.1, 0.15) is 20.8 Å². The predicted molar refractivity (Wildman–Crippen MR) is 66.5 cm³/mol. The zero-order valence-electron chi connectivity index (χ0n) is 11.1. The van der Waals surface area contributed by atoms with Gasteiger partial charge in [0.05, 0.1) is 19.2 Å². The molecule has 0 heterocycles. The Kier molecular flexibility index (Phi) is 6.82. The van der Waals surface area contributed by atoms with Crippen molar-refractivity contribution in [1.82, 2.24) is 10.6 Å². The number of hydrogen-bond donors (Lipinski definition) is 5. The maximum Gasteiger partial charge on any atom is 0.239 e. The summed E-state index contributed by atoms with van der Waals surface area (Å²) in [5.74, 6) is -0.856. The van der Waals surface area contributed by atoms with E-state index in [-0.39, 0.29) is 19.0 Å². The van der Waals surface area contributed by atoms with E-state index in [0.29, 0.717) is 0 Å². The van der Waals surface area contributed by atoms with E-state index in [1.165, 1.54) is 6.92 Å². The van der Waals surface area contributed by atoms with Crippen LogP contribution >= 0.6 is 0 Å². The first-order valence-corrected chi connectivity index (χ1v) is 5.83. The lowest BCUT2D eigenvalue weighted by molar-refractivity contribution is -0.127. The van der Waals surface area contributed by atoms with Crippen LogP contribution in [0.2, 0.25) is 0 Å². The molecule has 18 heavy (non-hydrogen) atoms. The molecule has 7 heteroatoms. The molecule has 0 radical (unpaired) electrons. The molecule has 0 aliphatic rings. The van der Waals surface area contributed by atoms with Crippen molar-refractivity contribution in [1.29, 1.82) is 0 Å². The Balaban J connectivity index is 3.95. The summed E-state index contributed by atoms with van der Waals surface area (Å²) in [7, 11) is 0. The predicted octanol–water partition coefficient (Wildman–Crippen LogP) is -2.05. The number of aliphatic hydroxyl groups is 2. The average Bonchev–Trinajstić information content (AvgIpc) is 2.32. The highest BCUT2D eigenvalue weighted by molar-refractivity contribution is 5.87. The van der Waals surface area contributed by atoms with Crippen LogP contribution in [0.5, 0.6) is 0 Å². The normalized spacial score (nSPS) is 15.9. The molecular weight excluding hydrogens is 238 g/mol. The summed E-state index contributed by atoms with van der Waals surface area (Å²) in [5.41, 5.74) is 4.23. The van der Waals surface area contributed by atoms with Gasteiger partial charge in [-0.25, -0.2) is 0 Å². The van der Waals surface area contributed by atoms with Crippen molar-refractivity contribution < 1.29 is 19.8 Å². The molecule has 0 aromatic rings. The first-order chi connectivity index (χ1) is 8.19. The van der Waals surface area contributed by atoms with E-state index in [4.69, 9.17) is 10.8 Å². The second-order valence-electron chi connectivity index (χ2n) is 4.92. The molecule has 0 saturated carbocycles. The zero-order chi connectivity index (χ0) is 14.3. The monoisotopic (exact) mass is 261 g/mol. The molecule has 0 bridgehead atoms. The number of amides is 2. The first-order valence-electron chi connectivity index (χ1n) is 5.83. The van der Waals surface area contributed by atoms with Gasteiger partial charge < -0.3 is 26.6 Å². The number of nitrogens with two attached hydrogens (primary N) is 1. The molecule has 6 N–H and O–H groups in total. The average molecular weight is 261 g/mol. The van der Waals surface area contributed by atoms with Gasteiger partial charge in [-0.2, -0.15) is 0 Å². The molecule has 0 fully saturated rings. The van der Waals surface area contributed by atoms with Crippen LogP contribution in [-0.2, 0) is 9.59 Å². The summed E-state index contributed by atoms with van der Waals surface area (Å²) in [5, 5.41) is 23.0. The van der Waals surface area contributed by atoms with Gasteiger partial charge in [0.25, 0.3) is 0 Å². The van der Waals surface area contributed by atoms with Crippen LogP contribution in [0.4, 0.5) is 0 Å². The minimum absolute atomic E-state index is 0.0109. The quantitative estimate of drug-likeness (QED) is 0.360. The van der Waals surface area contributed by atoms with Crippen molar-refractivity contribution in [2.75, 3.05) is 19.7 Å². The minimum Gasteiger partial charge on any atom is -0.393 e. The highest BCUT2D eigenvalue weighted by atomic mass is 16.3. The number of nitrogens with one attached hydrogen (secondary N) is 2. The molecule has 0 aliphatic carbocycles. The number of carbonyl (C=O) groups excluding carboxylic acids is 2. The molecule has 0 spiro atoms. The van der Waals surface area contributed by atoms with E-state index in [1.54, 1.807) is 0 Å². The molecule has 2 atom stereocenters. The molecule has 0 rings (SSSR count). The van der Waals surface area contributed by atoms with Crippen molar-refractivity contribution in [2.45, 2.75) is 32.4 Å². The third kappa shape index (κ3) is 6.53. The summed E-state index contributed by atoms with van der Waals surface area (Å²) in [6.45, 7) is 4.25. The van der Waals surface area contributed by atoms with Crippen molar-refractivity contribution in [3.05, 3.63) is 0 Å². The summed E-state index contributed by atoms with van der Waals surface area (Å²) >= 11 is 0. The Morgan fingerprint density at radius 2 is 1.89 bits per heavy atom. The standard InChI is InChI=1S/C11H23N3O4/c1-7(2)9(12)10(17)13-4-8(16)14-5-11(3,18)6-15/h7,9,15,18H,4-6,12H2,1-3H3,(H,13,17)(H,14,16)/t9-,11?/m0/s1. The van der Waals surface area contributed by atoms with Crippen molar-refractivity contribution >= 4 is 11.8 Å². The summed E-state index contributed by atoms with van der Waals surface area (Å²) in [6.07, 6.45) is 0. The molecular formula is C11H23N3O4. The number of hydrogen-bond acceptors (Lipinski definition) is 5. The van der Waals surface area contributed by atoms with Crippen LogP contribution in [0, 0.1) is 5.92 Å². The van der Waals surface area contributed by atoms with E-state index in [2.05, 4.69) is 10.6 Å². The Morgan fingerprint density at radius 3 is 2.33 bits per heavy atom. The van der Waals surface area contributed by atoms with Crippen LogP contribution < -0.4 is 16.4 Å². The van der Waals surface area contributed by atoms with E-state index in [0.717, 1.165) is 0 Å². The third-order valence-electron chi connectivity index (χ3n) is 2.45. The van der Waals surface area contributed by atoms with Crippen molar-refractivity contribution in [3.63, 3.8) is 0 Å². The fraction of sp³-hybridized carbons (Fsp3) is 0.818. The SMILES string of the molecule is CC(C)[C@H](N)C(=O)NCC(=O)NCC(C)(O)CO. The molecule has 0 aromatic carbocycles. The van der Waals surface area contributed by atoms with E-state index >= 15 is 0 Å². The summed E-state index contributed by atoms with van der Waals surface area (Å²) in [4.78, 5) is 22.8. The smallest absolute Gasteiger partial charge is 0.239 e. The van der Waals surface area contributed by atoms with Gasteiger partial charge in [0, 0.05) is 6.54 Å². The lowest BCUT2D eigenvalue weighted by Gasteiger charge is -2.21. The molecule has 0 saturated heterocycles. The Labute approximate surface area is 107 Å². The topological polar surface area (TPSA) is 125 Å². The lowest BCUT2D eigenvalue weighted by Crippen LogP contribution is -2.49. The van der Waals surface area contributed by atoms with Crippen LogP contribution in [0.25, 0.3) is 0 Å². The summed E-state index contributed by atoms with van der Waals surface area (Å²) < 4.78 is 0. The largest absolute Gasteiger partial charge is 0.393 e. The summed E-state index contributed by atoms with van der Waals surface area (Å²) in [6, 6.07) is -0.654. The fourth-order valence-corrected chi connectivity index (χ4v) is 0.995. The molecule has 0 aromatic heterocycles. The van der Waals surface area contributed by atoms with Crippen LogP contribution in [0.3, 0.4) is 0 Å². The first kappa shape index (κ1) is 16.8. The second kappa shape index (κ2) is 7.30. The lowest BCUT2D eigenvalue weighted by atomic mass is 10.1. The highest BCUT2D eigenvalue weighted by Crippen LogP contribution is 1.98. The molecule has 7 nitrogen and oxygen atoms in total. The van der Waals surface area contributed by atoms with Crippen molar-refractivity contribution in [3.8, 4) is 0 Å². The number of rotatable bonds is 7. The van der Waals surface area contributed by atoms with Gasteiger partial charge in [0.1, 0.15) is 5.60 Å². The van der Waals surface area contributed by atoms with Crippen LogP contribution in [-0.4, -0.2) is 53.4 Å². The minimum atomic E-state index is -1.37. The van der Waals surface area contributed by atoms with Gasteiger partial charge in [-0.15, -0.1) is 0 Å². The Morgan fingerprint density at radius 1 is 1.33 bits per heavy atom. The van der Waals surface area contributed by atoms with Crippen LogP contribution in [0.15, 0.2) is 0 Å². The third-order valence-corrected chi connectivity index (χ3v) is 2.45. The molecule has 1 unspecified atom stereocenters. The van der Waals surface area contributed by atoms with Gasteiger partial charge in [-0.05, 0) is 12.8 Å². The Hall–Kier alpha value is -1.18. The zero-order valence-corrected chi connectivity index (χ0v) is 11.1. The van der Waals surface area contributed by atoms with Gasteiger partial charge >= 0.3 is 0 Å². The highest BCUT2D eigenvalue weighted by Gasteiger charge is 2.21. The van der Waals surface area contributed by atoms with E-state index in [1.807, 2.05) is 13.8 Å². The van der Waals surface area contributed by atoms with Crippen molar-refractivity contribution in [2.24, 2.45) is 11.7 Å². The molecule has 0 aliphatic heterocycles. The number of aliphatic hydroxyl groups excluding tert-OH is 1. The maximum absolute atomic E-state index is 11.4. The fourth-order valence-electron chi connectivity index (χ4n) is 0.995. The van der Waals surface area contributed by atoms with Gasteiger partial charge in [0.2, 0.25) is 11.8 Å². The van der Waals surface area contributed by atoms with E-state index < -0.39 is 30.1 Å². The molecule has 106 valence electrons. The second-order valence-corrected chi connectivity index (χ2v) is 4.92. The maximum atomic E-state index is 11.4. The number of carbonyl (C=O) groups is 2. The van der Waals surface area contributed by atoms with Gasteiger partial charge in [0.15, 0.2) is 0 Å². The van der Waals surface area contributed by atoms with Gasteiger partial charge in [-0.3, -0.25) is 9.59 Å². The van der Waals surface area contributed by atoms with Gasteiger partial charge in [-0.1, -0.05) is 13.8 Å². The Bertz CT molecular complexity index is 292.